The fourth-order valence-corrected chi connectivity index (χ4v) is 3.26. The van der Waals surface area contributed by atoms with Gasteiger partial charge in [0.2, 0.25) is 11.8 Å². The minimum atomic E-state index is 0.185. The van der Waals surface area contributed by atoms with Crippen LogP contribution in [0.25, 0.3) is 0 Å². The van der Waals surface area contributed by atoms with Gasteiger partial charge in [0.1, 0.15) is 0 Å². The van der Waals surface area contributed by atoms with Gasteiger partial charge in [-0.25, -0.2) is 0 Å². The Kier molecular flexibility index (Phi) is 16.7. The molecule has 0 aliphatic heterocycles. The predicted octanol–water partition coefficient (Wildman–Crippen LogP) is 5.21. The maximum Gasteiger partial charge on any atom is 0.223 e. The van der Waals surface area contributed by atoms with Crippen molar-refractivity contribution in [1.29, 1.82) is 0 Å². The first-order valence-electron chi connectivity index (χ1n) is 11.2. The lowest BCUT2D eigenvalue weighted by Crippen LogP contribution is -2.31. The SMILES string of the molecule is CCCCC(CC)C(=O)NCCCCCCNC(=O)C(CC)CCCC. The molecule has 0 aromatic carbocycles. The first-order chi connectivity index (χ1) is 12.6. The fraction of sp³-hybridized carbons (Fsp3) is 0.909. The van der Waals surface area contributed by atoms with Crippen molar-refractivity contribution >= 4 is 11.8 Å². The highest BCUT2D eigenvalue weighted by molar-refractivity contribution is 5.78. The van der Waals surface area contributed by atoms with Crippen molar-refractivity contribution in [2.75, 3.05) is 13.1 Å². The number of amides is 2. The summed E-state index contributed by atoms with van der Waals surface area (Å²) in [5.41, 5.74) is 0. The topological polar surface area (TPSA) is 58.2 Å². The Hall–Kier alpha value is -1.06. The van der Waals surface area contributed by atoms with Crippen LogP contribution in [-0.4, -0.2) is 24.9 Å². The van der Waals surface area contributed by atoms with Crippen LogP contribution in [0.15, 0.2) is 0 Å². The average Bonchev–Trinajstić information content (AvgIpc) is 2.65. The van der Waals surface area contributed by atoms with Gasteiger partial charge in [-0.15, -0.1) is 0 Å². The zero-order valence-corrected chi connectivity index (χ0v) is 17.9. The van der Waals surface area contributed by atoms with E-state index in [0.29, 0.717) is 0 Å². The minimum absolute atomic E-state index is 0.185. The predicted molar refractivity (Wildman–Crippen MR) is 111 cm³/mol. The largest absolute Gasteiger partial charge is 0.356 e. The van der Waals surface area contributed by atoms with Crippen LogP contribution in [0, 0.1) is 11.8 Å². The van der Waals surface area contributed by atoms with Gasteiger partial charge in [0.15, 0.2) is 0 Å². The molecule has 0 saturated heterocycles. The maximum absolute atomic E-state index is 12.1. The molecule has 0 heterocycles. The summed E-state index contributed by atoms with van der Waals surface area (Å²) in [6.07, 6.45) is 12.7. The Balaban J connectivity index is 3.66. The molecule has 0 aromatic heterocycles. The van der Waals surface area contributed by atoms with Gasteiger partial charge in [-0.2, -0.15) is 0 Å². The second-order valence-electron chi connectivity index (χ2n) is 7.49. The molecule has 4 nitrogen and oxygen atoms in total. The monoisotopic (exact) mass is 368 g/mol. The molecule has 0 bridgehead atoms. The third-order valence-corrected chi connectivity index (χ3v) is 5.24. The van der Waals surface area contributed by atoms with Crippen LogP contribution in [0.1, 0.15) is 105 Å². The quantitative estimate of drug-likeness (QED) is 0.346. The number of unbranched alkanes of at least 4 members (excludes halogenated alkanes) is 5. The Morgan fingerprint density at radius 2 is 1.00 bits per heavy atom. The third-order valence-electron chi connectivity index (χ3n) is 5.24. The van der Waals surface area contributed by atoms with Crippen LogP contribution in [0.2, 0.25) is 0 Å². The Morgan fingerprint density at radius 1 is 0.615 bits per heavy atom. The highest BCUT2D eigenvalue weighted by Gasteiger charge is 2.15. The summed E-state index contributed by atoms with van der Waals surface area (Å²) in [4.78, 5) is 24.2. The van der Waals surface area contributed by atoms with E-state index in [-0.39, 0.29) is 23.7 Å². The molecule has 26 heavy (non-hydrogen) atoms. The van der Waals surface area contributed by atoms with Crippen LogP contribution in [0.3, 0.4) is 0 Å². The van der Waals surface area contributed by atoms with E-state index in [4.69, 9.17) is 0 Å². The molecule has 4 heteroatoms. The lowest BCUT2D eigenvalue weighted by Gasteiger charge is -2.15. The van der Waals surface area contributed by atoms with E-state index >= 15 is 0 Å². The molecular weight excluding hydrogens is 324 g/mol. The van der Waals surface area contributed by atoms with Crippen molar-refractivity contribution in [2.24, 2.45) is 11.8 Å². The molecule has 2 amide bonds. The van der Waals surface area contributed by atoms with Gasteiger partial charge < -0.3 is 10.6 Å². The molecule has 2 unspecified atom stereocenters. The smallest absolute Gasteiger partial charge is 0.223 e. The van der Waals surface area contributed by atoms with E-state index < -0.39 is 0 Å². The van der Waals surface area contributed by atoms with Crippen LogP contribution in [0.4, 0.5) is 0 Å². The highest BCUT2D eigenvalue weighted by atomic mass is 16.2. The van der Waals surface area contributed by atoms with Crippen molar-refractivity contribution in [3.63, 3.8) is 0 Å². The van der Waals surface area contributed by atoms with E-state index in [1.54, 1.807) is 0 Å². The maximum atomic E-state index is 12.1. The summed E-state index contributed by atoms with van der Waals surface area (Å²) in [7, 11) is 0. The van der Waals surface area contributed by atoms with Gasteiger partial charge in [0.25, 0.3) is 0 Å². The number of hydrogen-bond donors (Lipinski definition) is 2. The summed E-state index contributed by atoms with van der Waals surface area (Å²) < 4.78 is 0. The van der Waals surface area contributed by atoms with E-state index in [9.17, 15) is 9.59 Å². The molecule has 0 fully saturated rings. The van der Waals surface area contributed by atoms with Crippen LogP contribution < -0.4 is 10.6 Å². The number of nitrogens with one attached hydrogen (secondary N) is 2. The van der Waals surface area contributed by atoms with Gasteiger partial charge in [0, 0.05) is 24.9 Å². The van der Waals surface area contributed by atoms with Gasteiger partial charge in [0.05, 0.1) is 0 Å². The molecule has 0 aliphatic carbocycles. The van der Waals surface area contributed by atoms with Gasteiger partial charge in [-0.3, -0.25) is 9.59 Å². The highest BCUT2D eigenvalue weighted by Crippen LogP contribution is 2.13. The third kappa shape index (κ3) is 12.3. The summed E-state index contributed by atoms with van der Waals surface area (Å²) in [5, 5.41) is 6.17. The lowest BCUT2D eigenvalue weighted by atomic mass is 9.98. The van der Waals surface area contributed by atoms with E-state index in [2.05, 4.69) is 38.3 Å². The Bertz CT molecular complexity index is 324. The zero-order valence-electron chi connectivity index (χ0n) is 17.9. The number of rotatable bonds is 17. The first kappa shape index (κ1) is 24.9. The molecule has 154 valence electrons. The van der Waals surface area contributed by atoms with Crippen LogP contribution in [-0.2, 0) is 9.59 Å². The van der Waals surface area contributed by atoms with E-state index in [1.165, 1.54) is 0 Å². The number of carbonyl (C=O) groups excluding carboxylic acids is 2. The van der Waals surface area contributed by atoms with Crippen LogP contribution in [0.5, 0.6) is 0 Å². The van der Waals surface area contributed by atoms with E-state index in [1.807, 2.05) is 0 Å². The first-order valence-corrected chi connectivity index (χ1v) is 11.2. The zero-order chi connectivity index (χ0) is 19.6. The average molecular weight is 369 g/mol. The van der Waals surface area contributed by atoms with Crippen molar-refractivity contribution in [2.45, 2.75) is 105 Å². The Labute approximate surface area is 162 Å². The molecule has 0 rings (SSSR count). The van der Waals surface area contributed by atoms with Crippen molar-refractivity contribution in [3.8, 4) is 0 Å². The van der Waals surface area contributed by atoms with Crippen molar-refractivity contribution in [3.05, 3.63) is 0 Å². The molecule has 0 saturated carbocycles. The summed E-state index contributed by atoms with van der Waals surface area (Å²) in [6, 6.07) is 0. The second kappa shape index (κ2) is 17.4. The fourth-order valence-electron chi connectivity index (χ4n) is 3.26. The molecule has 0 spiro atoms. The standard InChI is InChI=1S/C22H44N2O2/c1-5-9-15-19(7-3)21(25)23-17-13-11-12-14-18-24-22(26)20(8-4)16-10-6-2/h19-20H,5-18H2,1-4H3,(H,23,25)(H,24,26). The summed E-state index contributed by atoms with van der Waals surface area (Å²) >= 11 is 0. The normalized spacial score (nSPS) is 13.2. The van der Waals surface area contributed by atoms with Crippen molar-refractivity contribution in [1.82, 2.24) is 10.6 Å². The van der Waals surface area contributed by atoms with Crippen LogP contribution >= 0.6 is 0 Å². The van der Waals surface area contributed by atoms with Gasteiger partial charge in [-0.05, 0) is 38.5 Å². The summed E-state index contributed by atoms with van der Waals surface area (Å²) in [6.45, 7) is 10.1. The molecule has 2 atom stereocenters. The lowest BCUT2D eigenvalue weighted by molar-refractivity contribution is -0.126. The summed E-state index contributed by atoms with van der Waals surface area (Å²) in [5.74, 6) is 0.825. The van der Waals surface area contributed by atoms with Gasteiger partial charge in [-0.1, -0.05) is 66.2 Å². The minimum Gasteiger partial charge on any atom is -0.356 e. The molecule has 0 radical (unpaired) electrons. The molecule has 0 aromatic rings. The number of carbonyl (C=O) groups is 2. The Morgan fingerprint density at radius 3 is 1.31 bits per heavy atom. The van der Waals surface area contributed by atoms with Gasteiger partial charge >= 0.3 is 0 Å². The molecular formula is C22H44N2O2. The molecule has 2 N–H and O–H groups in total. The number of hydrogen-bond acceptors (Lipinski definition) is 2. The van der Waals surface area contributed by atoms with E-state index in [0.717, 1.165) is 90.1 Å². The molecule has 0 aliphatic rings. The van der Waals surface area contributed by atoms with Crippen molar-refractivity contribution < 1.29 is 9.59 Å². The second-order valence-corrected chi connectivity index (χ2v) is 7.49.